The first-order valence-corrected chi connectivity index (χ1v) is 8.24. The molecule has 1 N–H and O–H groups in total. The molecule has 1 saturated carbocycles. The molecule has 0 atom stereocenters. The van der Waals surface area contributed by atoms with Crippen molar-refractivity contribution in [1.29, 1.82) is 0 Å². The molecule has 1 aliphatic carbocycles. The average Bonchev–Trinajstić information content (AvgIpc) is 2.47. The lowest BCUT2D eigenvalue weighted by atomic mass is 9.97. The highest BCUT2D eigenvalue weighted by molar-refractivity contribution is 5.78. The number of carbonyl (C=O) groups is 1. The van der Waals surface area contributed by atoms with Crippen LogP contribution in [0.5, 0.6) is 5.75 Å². The van der Waals surface area contributed by atoms with Gasteiger partial charge in [0.15, 0.2) is 12.4 Å². The second kappa shape index (κ2) is 8.50. The van der Waals surface area contributed by atoms with Crippen molar-refractivity contribution in [3.63, 3.8) is 0 Å². The van der Waals surface area contributed by atoms with Crippen LogP contribution in [0, 0.1) is 17.0 Å². The Kier molecular flexibility index (Phi) is 6.38. The molecule has 0 radical (unpaired) electrons. The zero-order chi connectivity index (χ0) is 16.7. The third-order valence-electron chi connectivity index (χ3n) is 4.21. The third kappa shape index (κ3) is 5.23. The third-order valence-corrected chi connectivity index (χ3v) is 4.21. The molecular formula is C17H24N2O4. The van der Waals surface area contributed by atoms with Gasteiger partial charge >= 0.3 is 5.69 Å². The van der Waals surface area contributed by atoms with Gasteiger partial charge in [0.1, 0.15) is 0 Å². The number of nitro groups is 1. The summed E-state index contributed by atoms with van der Waals surface area (Å²) in [7, 11) is 0. The highest BCUT2D eigenvalue weighted by Gasteiger charge is 2.20. The van der Waals surface area contributed by atoms with Crippen molar-refractivity contribution in [2.24, 2.45) is 0 Å². The monoisotopic (exact) mass is 320 g/mol. The predicted octanol–water partition coefficient (Wildman–Crippen LogP) is 3.51. The Morgan fingerprint density at radius 2 is 1.91 bits per heavy atom. The van der Waals surface area contributed by atoms with Crippen LogP contribution in [0.25, 0.3) is 0 Å². The van der Waals surface area contributed by atoms with Crippen LogP contribution in [0.15, 0.2) is 18.2 Å². The Morgan fingerprint density at radius 1 is 1.26 bits per heavy atom. The number of amides is 1. The summed E-state index contributed by atoms with van der Waals surface area (Å²) in [6, 6.07) is 5.05. The lowest BCUT2D eigenvalue weighted by molar-refractivity contribution is -0.386. The molecule has 1 aromatic rings. The lowest BCUT2D eigenvalue weighted by Crippen LogP contribution is -2.38. The summed E-state index contributed by atoms with van der Waals surface area (Å²) in [4.78, 5) is 22.7. The van der Waals surface area contributed by atoms with E-state index < -0.39 is 4.92 Å². The molecule has 0 saturated heterocycles. The van der Waals surface area contributed by atoms with Gasteiger partial charge in [0.05, 0.1) is 4.92 Å². The molecule has 1 fully saturated rings. The minimum atomic E-state index is -0.475. The van der Waals surface area contributed by atoms with Gasteiger partial charge < -0.3 is 10.1 Å². The fourth-order valence-corrected chi connectivity index (χ4v) is 3.00. The summed E-state index contributed by atoms with van der Waals surface area (Å²) in [5, 5.41) is 14.1. The predicted molar refractivity (Wildman–Crippen MR) is 87.6 cm³/mol. The number of nitro benzene ring substituents is 1. The largest absolute Gasteiger partial charge is 0.477 e. The highest BCUT2D eigenvalue weighted by atomic mass is 16.6. The first-order chi connectivity index (χ1) is 11.1. The molecule has 0 spiro atoms. The molecule has 2 rings (SSSR count). The van der Waals surface area contributed by atoms with E-state index in [1.807, 2.05) is 0 Å². The molecule has 1 aliphatic rings. The molecule has 0 unspecified atom stereocenters. The van der Waals surface area contributed by atoms with E-state index in [-0.39, 0.29) is 30.0 Å². The van der Waals surface area contributed by atoms with Crippen molar-refractivity contribution in [3.05, 3.63) is 33.9 Å². The Labute approximate surface area is 136 Å². The maximum Gasteiger partial charge on any atom is 0.313 e. The smallest absolute Gasteiger partial charge is 0.313 e. The number of ether oxygens (including phenoxy) is 1. The van der Waals surface area contributed by atoms with E-state index in [4.69, 9.17) is 4.74 Å². The first-order valence-electron chi connectivity index (χ1n) is 8.24. The SMILES string of the molecule is Cc1cccc(OCC(=O)NC2CCCCCCC2)c1[N+](=O)[O-]. The molecule has 0 heterocycles. The van der Waals surface area contributed by atoms with Crippen LogP contribution in [0.2, 0.25) is 0 Å². The number of aryl methyl sites for hydroxylation is 1. The zero-order valence-electron chi connectivity index (χ0n) is 13.5. The van der Waals surface area contributed by atoms with Crippen molar-refractivity contribution >= 4 is 11.6 Å². The van der Waals surface area contributed by atoms with Gasteiger partial charge in [0.25, 0.3) is 5.91 Å². The molecule has 0 aromatic heterocycles. The molecule has 0 bridgehead atoms. The van der Waals surface area contributed by atoms with Crippen LogP contribution < -0.4 is 10.1 Å². The molecule has 1 amide bonds. The van der Waals surface area contributed by atoms with Gasteiger partial charge in [-0.3, -0.25) is 14.9 Å². The molecule has 6 nitrogen and oxygen atoms in total. The van der Waals surface area contributed by atoms with Crippen LogP contribution in [-0.4, -0.2) is 23.5 Å². The molecule has 23 heavy (non-hydrogen) atoms. The van der Waals surface area contributed by atoms with Gasteiger partial charge in [-0.2, -0.15) is 0 Å². The first kappa shape index (κ1) is 17.2. The van der Waals surface area contributed by atoms with E-state index >= 15 is 0 Å². The standard InChI is InChI=1S/C17H24N2O4/c1-13-8-7-11-15(17(13)19(21)22)23-12-16(20)18-14-9-5-3-2-4-6-10-14/h7-8,11,14H,2-6,9-10,12H2,1H3,(H,18,20). The number of benzene rings is 1. The Morgan fingerprint density at radius 3 is 2.57 bits per heavy atom. The molecule has 6 heteroatoms. The number of rotatable bonds is 5. The van der Waals surface area contributed by atoms with E-state index in [0.29, 0.717) is 5.56 Å². The van der Waals surface area contributed by atoms with Crippen molar-refractivity contribution in [3.8, 4) is 5.75 Å². The fraction of sp³-hybridized carbons (Fsp3) is 0.588. The number of carbonyl (C=O) groups excluding carboxylic acids is 1. The summed E-state index contributed by atoms with van der Waals surface area (Å²) in [5.74, 6) is -0.0748. The van der Waals surface area contributed by atoms with Crippen LogP contribution >= 0.6 is 0 Å². The number of nitrogens with one attached hydrogen (secondary N) is 1. The van der Waals surface area contributed by atoms with Crippen molar-refractivity contribution in [2.75, 3.05) is 6.61 Å². The van der Waals surface area contributed by atoms with E-state index in [9.17, 15) is 14.9 Å². The minimum Gasteiger partial charge on any atom is -0.477 e. The summed E-state index contributed by atoms with van der Waals surface area (Å²) >= 11 is 0. The maximum atomic E-state index is 12.0. The number of hydrogen-bond acceptors (Lipinski definition) is 4. The Hall–Kier alpha value is -2.11. The van der Waals surface area contributed by atoms with Gasteiger partial charge in [0.2, 0.25) is 0 Å². The number of hydrogen-bond donors (Lipinski definition) is 1. The number of nitrogens with zero attached hydrogens (tertiary/aromatic N) is 1. The van der Waals surface area contributed by atoms with Gasteiger partial charge in [-0.1, -0.05) is 44.2 Å². The second-order valence-electron chi connectivity index (χ2n) is 6.08. The zero-order valence-corrected chi connectivity index (χ0v) is 13.5. The van der Waals surface area contributed by atoms with Crippen LogP contribution in [-0.2, 0) is 4.79 Å². The molecular weight excluding hydrogens is 296 g/mol. The summed E-state index contributed by atoms with van der Waals surface area (Å²) in [6.45, 7) is 1.46. The highest BCUT2D eigenvalue weighted by Crippen LogP contribution is 2.30. The number of para-hydroxylation sites is 1. The van der Waals surface area contributed by atoms with E-state index in [1.54, 1.807) is 19.1 Å². The molecule has 1 aromatic carbocycles. The van der Waals surface area contributed by atoms with Gasteiger partial charge in [-0.15, -0.1) is 0 Å². The summed E-state index contributed by atoms with van der Waals surface area (Å²) < 4.78 is 5.38. The van der Waals surface area contributed by atoms with Crippen molar-refractivity contribution < 1.29 is 14.5 Å². The lowest BCUT2D eigenvalue weighted by Gasteiger charge is -2.21. The normalized spacial score (nSPS) is 16.2. The minimum absolute atomic E-state index is 0.0775. The van der Waals surface area contributed by atoms with Crippen molar-refractivity contribution in [2.45, 2.75) is 57.9 Å². The van der Waals surface area contributed by atoms with Crippen LogP contribution in [0.4, 0.5) is 5.69 Å². The topological polar surface area (TPSA) is 81.5 Å². The summed E-state index contributed by atoms with van der Waals surface area (Å²) in [5.41, 5.74) is 0.444. The molecule has 0 aliphatic heterocycles. The van der Waals surface area contributed by atoms with Gasteiger partial charge in [-0.25, -0.2) is 0 Å². The van der Waals surface area contributed by atoms with Gasteiger partial charge in [-0.05, 0) is 25.8 Å². The quantitative estimate of drug-likeness (QED) is 0.665. The summed E-state index contributed by atoms with van der Waals surface area (Å²) in [6.07, 6.45) is 7.98. The van der Waals surface area contributed by atoms with E-state index in [2.05, 4.69) is 5.32 Å². The maximum absolute atomic E-state index is 12.0. The Bertz CT molecular complexity index is 552. The van der Waals surface area contributed by atoms with Crippen LogP contribution in [0.3, 0.4) is 0 Å². The average molecular weight is 320 g/mol. The Balaban J connectivity index is 1.89. The van der Waals surface area contributed by atoms with Gasteiger partial charge in [0, 0.05) is 11.6 Å². The van der Waals surface area contributed by atoms with E-state index in [1.165, 1.54) is 25.3 Å². The molecule has 126 valence electrons. The van der Waals surface area contributed by atoms with E-state index in [0.717, 1.165) is 25.7 Å². The second-order valence-corrected chi connectivity index (χ2v) is 6.08. The van der Waals surface area contributed by atoms with Crippen LogP contribution in [0.1, 0.15) is 50.5 Å². The fourth-order valence-electron chi connectivity index (χ4n) is 3.00. The van der Waals surface area contributed by atoms with Crippen molar-refractivity contribution in [1.82, 2.24) is 5.32 Å².